The van der Waals surface area contributed by atoms with Crippen LogP contribution in [0.5, 0.6) is 11.5 Å². The first-order chi connectivity index (χ1) is 12.0. The Kier molecular flexibility index (Phi) is 5.14. The van der Waals surface area contributed by atoms with Crippen LogP contribution in [0.3, 0.4) is 0 Å². The van der Waals surface area contributed by atoms with Crippen molar-refractivity contribution in [3.63, 3.8) is 0 Å². The average Bonchev–Trinajstić information content (AvgIpc) is 2.58. The van der Waals surface area contributed by atoms with Crippen LogP contribution < -0.4 is 14.8 Å². The molecule has 1 atom stereocenters. The number of amides is 1. The third kappa shape index (κ3) is 4.24. The second-order valence-corrected chi connectivity index (χ2v) is 5.84. The van der Waals surface area contributed by atoms with Crippen LogP contribution in [-0.4, -0.2) is 43.7 Å². The van der Waals surface area contributed by atoms with E-state index in [9.17, 15) is 13.6 Å². The van der Waals surface area contributed by atoms with Gasteiger partial charge in [-0.2, -0.15) is 0 Å². The summed E-state index contributed by atoms with van der Waals surface area (Å²) in [4.78, 5) is 13.7. The standard InChI is InChI=1S/C18H18F2N2O3/c1-22(9-12-11-24-15-7-2-3-8-16(15)25-12)10-17(23)21-18-13(19)5-4-6-14(18)20/h2-8,12H,9-11H2,1H3,(H,21,23)/t12-/m1/s1. The molecule has 2 aromatic carbocycles. The lowest BCUT2D eigenvalue weighted by Crippen LogP contribution is -2.42. The molecule has 1 amide bonds. The highest BCUT2D eigenvalue weighted by Crippen LogP contribution is 2.30. The Morgan fingerprint density at radius 1 is 1.16 bits per heavy atom. The molecule has 3 rings (SSSR count). The van der Waals surface area contributed by atoms with Crippen molar-refractivity contribution >= 4 is 11.6 Å². The Balaban J connectivity index is 1.53. The van der Waals surface area contributed by atoms with Gasteiger partial charge < -0.3 is 14.8 Å². The number of nitrogens with zero attached hydrogens (tertiary/aromatic N) is 1. The van der Waals surface area contributed by atoms with Crippen molar-refractivity contribution in [1.82, 2.24) is 4.90 Å². The molecule has 0 aromatic heterocycles. The van der Waals surface area contributed by atoms with Crippen LogP contribution >= 0.6 is 0 Å². The molecule has 0 unspecified atom stereocenters. The van der Waals surface area contributed by atoms with Gasteiger partial charge >= 0.3 is 0 Å². The first kappa shape index (κ1) is 17.2. The molecule has 0 radical (unpaired) electrons. The molecule has 0 spiro atoms. The number of carbonyl (C=O) groups excluding carboxylic acids is 1. The average molecular weight is 348 g/mol. The molecule has 0 aliphatic carbocycles. The highest BCUT2D eigenvalue weighted by Gasteiger charge is 2.23. The van der Waals surface area contributed by atoms with Crippen LogP contribution in [-0.2, 0) is 4.79 Å². The van der Waals surface area contributed by atoms with E-state index < -0.39 is 23.2 Å². The lowest BCUT2D eigenvalue weighted by atomic mass is 10.2. The Hall–Kier alpha value is -2.67. The number of halogens is 2. The predicted octanol–water partition coefficient (Wildman–Crippen LogP) is 2.68. The van der Waals surface area contributed by atoms with Crippen molar-refractivity contribution in [1.29, 1.82) is 0 Å². The quantitative estimate of drug-likeness (QED) is 0.903. The van der Waals surface area contributed by atoms with Crippen molar-refractivity contribution < 1.29 is 23.0 Å². The van der Waals surface area contributed by atoms with Crippen molar-refractivity contribution in [3.8, 4) is 11.5 Å². The summed E-state index contributed by atoms with van der Waals surface area (Å²) in [6, 6.07) is 10.8. The molecule has 1 N–H and O–H groups in total. The van der Waals surface area contributed by atoms with Gasteiger partial charge in [0.25, 0.3) is 0 Å². The largest absolute Gasteiger partial charge is 0.486 e. The van der Waals surface area contributed by atoms with Crippen LogP contribution in [0.4, 0.5) is 14.5 Å². The van der Waals surface area contributed by atoms with E-state index in [1.807, 2.05) is 24.3 Å². The van der Waals surface area contributed by atoms with E-state index in [0.29, 0.717) is 24.7 Å². The van der Waals surface area contributed by atoms with E-state index in [2.05, 4.69) is 5.32 Å². The Bertz CT molecular complexity index is 749. The molecule has 5 nitrogen and oxygen atoms in total. The zero-order valence-corrected chi connectivity index (χ0v) is 13.7. The minimum Gasteiger partial charge on any atom is -0.486 e. The van der Waals surface area contributed by atoms with E-state index in [-0.39, 0.29) is 12.6 Å². The van der Waals surface area contributed by atoms with E-state index >= 15 is 0 Å². The Morgan fingerprint density at radius 3 is 2.56 bits per heavy atom. The first-order valence-electron chi connectivity index (χ1n) is 7.84. The van der Waals surface area contributed by atoms with Crippen molar-refractivity contribution in [2.24, 2.45) is 0 Å². The maximum atomic E-state index is 13.6. The third-order valence-corrected chi connectivity index (χ3v) is 3.72. The summed E-state index contributed by atoms with van der Waals surface area (Å²) in [5.74, 6) is -0.781. The summed E-state index contributed by atoms with van der Waals surface area (Å²) in [5.41, 5.74) is -0.438. The van der Waals surface area contributed by atoms with E-state index in [4.69, 9.17) is 9.47 Å². The number of ether oxygens (including phenoxy) is 2. The summed E-state index contributed by atoms with van der Waals surface area (Å²) in [6.45, 7) is 0.766. The van der Waals surface area contributed by atoms with Gasteiger partial charge in [0.2, 0.25) is 5.91 Å². The molecule has 1 heterocycles. The second kappa shape index (κ2) is 7.48. The number of hydrogen-bond acceptors (Lipinski definition) is 4. The Morgan fingerprint density at radius 2 is 1.84 bits per heavy atom. The topological polar surface area (TPSA) is 50.8 Å². The van der Waals surface area contributed by atoms with Gasteiger partial charge in [0.1, 0.15) is 30.0 Å². The first-order valence-corrected chi connectivity index (χ1v) is 7.84. The zero-order chi connectivity index (χ0) is 17.8. The number of likely N-dealkylation sites (N-methyl/N-ethyl adjacent to an activating group) is 1. The minimum atomic E-state index is -0.809. The fourth-order valence-corrected chi connectivity index (χ4v) is 2.61. The number of anilines is 1. The van der Waals surface area contributed by atoms with Crippen molar-refractivity contribution in [3.05, 3.63) is 54.1 Å². The summed E-state index contributed by atoms with van der Waals surface area (Å²) in [5, 5.41) is 2.26. The number of hydrogen-bond donors (Lipinski definition) is 1. The molecule has 2 aromatic rings. The van der Waals surface area contributed by atoms with Crippen molar-refractivity contribution in [2.75, 3.05) is 32.1 Å². The summed E-state index contributed by atoms with van der Waals surface area (Å²) >= 11 is 0. The van der Waals surface area contributed by atoms with Crippen LogP contribution in [0.25, 0.3) is 0 Å². The lowest BCUT2D eigenvalue weighted by Gasteiger charge is -2.29. The normalized spacial score (nSPS) is 15.9. The molecule has 1 aliphatic rings. The summed E-state index contributed by atoms with van der Waals surface area (Å²) in [7, 11) is 1.72. The molecule has 0 saturated heterocycles. The van der Waals surface area contributed by atoms with Crippen molar-refractivity contribution in [2.45, 2.75) is 6.10 Å². The SMILES string of the molecule is CN(CC(=O)Nc1c(F)cccc1F)C[C@@H]1COc2ccccc2O1. The monoisotopic (exact) mass is 348 g/mol. The smallest absolute Gasteiger partial charge is 0.238 e. The van der Waals surface area contributed by atoms with Gasteiger partial charge in [-0.25, -0.2) is 8.78 Å². The Labute approximate surface area is 144 Å². The van der Waals surface area contributed by atoms with Gasteiger partial charge in [-0.05, 0) is 31.3 Å². The molecule has 0 fully saturated rings. The number of rotatable bonds is 5. The van der Waals surface area contributed by atoms with Gasteiger partial charge in [0.05, 0.1) is 6.54 Å². The summed E-state index contributed by atoms with van der Waals surface area (Å²) in [6.07, 6.45) is -0.238. The fourth-order valence-electron chi connectivity index (χ4n) is 2.61. The van der Waals surface area contributed by atoms with E-state index in [0.717, 1.165) is 12.1 Å². The summed E-state index contributed by atoms with van der Waals surface area (Å²) < 4.78 is 38.6. The number of nitrogens with one attached hydrogen (secondary N) is 1. The van der Waals surface area contributed by atoms with Gasteiger partial charge in [0.15, 0.2) is 11.5 Å². The molecule has 25 heavy (non-hydrogen) atoms. The fraction of sp³-hybridized carbons (Fsp3) is 0.278. The van der Waals surface area contributed by atoms with Crippen LogP contribution in [0.1, 0.15) is 0 Å². The second-order valence-electron chi connectivity index (χ2n) is 5.84. The molecule has 132 valence electrons. The van der Waals surface area contributed by atoms with Gasteiger partial charge in [-0.3, -0.25) is 9.69 Å². The molecule has 0 saturated carbocycles. The zero-order valence-electron chi connectivity index (χ0n) is 13.7. The predicted molar refractivity (Wildman–Crippen MR) is 88.8 cm³/mol. The molecule has 7 heteroatoms. The number of benzene rings is 2. The molecule has 1 aliphatic heterocycles. The number of carbonyl (C=O) groups is 1. The molecular weight excluding hydrogens is 330 g/mol. The van der Waals surface area contributed by atoms with Crippen LogP contribution in [0.15, 0.2) is 42.5 Å². The van der Waals surface area contributed by atoms with Gasteiger partial charge in [-0.15, -0.1) is 0 Å². The highest BCUT2D eigenvalue weighted by atomic mass is 19.1. The lowest BCUT2D eigenvalue weighted by molar-refractivity contribution is -0.117. The van der Waals surface area contributed by atoms with Gasteiger partial charge in [0, 0.05) is 6.54 Å². The minimum absolute atomic E-state index is 0.0325. The van der Waals surface area contributed by atoms with E-state index in [1.165, 1.54) is 6.07 Å². The number of fused-ring (bicyclic) bond motifs is 1. The van der Waals surface area contributed by atoms with E-state index in [1.54, 1.807) is 11.9 Å². The van der Waals surface area contributed by atoms with Crippen LogP contribution in [0, 0.1) is 11.6 Å². The maximum absolute atomic E-state index is 13.6. The van der Waals surface area contributed by atoms with Crippen LogP contribution in [0.2, 0.25) is 0 Å². The third-order valence-electron chi connectivity index (χ3n) is 3.72. The molecule has 0 bridgehead atoms. The molecular formula is C18H18F2N2O3. The van der Waals surface area contributed by atoms with Gasteiger partial charge in [-0.1, -0.05) is 18.2 Å². The highest BCUT2D eigenvalue weighted by molar-refractivity contribution is 5.92. The maximum Gasteiger partial charge on any atom is 0.238 e. The number of para-hydroxylation sites is 3.